The quantitative estimate of drug-likeness (QED) is 0.899. The van der Waals surface area contributed by atoms with E-state index in [2.05, 4.69) is 21.2 Å². The van der Waals surface area contributed by atoms with E-state index in [4.69, 9.17) is 11.6 Å². The van der Waals surface area contributed by atoms with Gasteiger partial charge in [-0.1, -0.05) is 11.6 Å². The molecule has 5 heteroatoms. The van der Waals surface area contributed by atoms with Gasteiger partial charge in [-0.2, -0.15) is 0 Å². The molecule has 2 aliphatic rings. The highest BCUT2D eigenvalue weighted by atomic mass is 35.5. The Kier molecular flexibility index (Phi) is 3.68. The van der Waals surface area contributed by atoms with Gasteiger partial charge >= 0.3 is 0 Å². The maximum absolute atomic E-state index is 5.93. The molecule has 17 heavy (non-hydrogen) atoms. The summed E-state index contributed by atoms with van der Waals surface area (Å²) in [5.41, 5.74) is 0. The van der Waals surface area contributed by atoms with E-state index >= 15 is 0 Å². The first-order valence-corrected chi connectivity index (χ1v) is 7.47. The molecule has 94 valence electrons. The van der Waals surface area contributed by atoms with Gasteiger partial charge in [0.1, 0.15) is 0 Å². The Labute approximate surface area is 111 Å². The van der Waals surface area contributed by atoms with Crippen LogP contribution in [0.5, 0.6) is 0 Å². The zero-order valence-corrected chi connectivity index (χ0v) is 11.4. The van der Waals surface area contributed by atoms with Crippen molar-refractivity contribution in [2.75, 3.05) is 39.3 Å². The molecule has 3 rings (SSSR count). The minimum Gasteiger partial charge on any atom is -0.314 e. The van der Waals surface area contributed by atoms with Crippen molar-refractivity contribution in [3.05, 3.63) is 21.3 Å². The van der Waals surface area contributed by atoms with E-state index in [1.165, 1.54) is 31.1 Å². The van der Waals surface area contributed by atoms with E-state index in [1.807, 2.05) is 5.38 Å². The van der Waals surface area contributed by atoms with Gasteiger partial charge in [0.25, 0.3) is 0 Å². The molecule has 1 N–H and O–H groups in total. The molecule has 0 radical (unpaired) electrons. The predicted octanol–water partition coefficient (Wildman–Crippen LogP) is 1.49. The van der Waals surface area contributed by atoms with Crippen molar-refractivity contribution in [2.24, 2.45) is 0 Å². The highest BCUT2D eigenvalue weighted by Crippen LogP contribution is 2.24. The third-order valence-electron chi connectivity index (χ3n) is 3.61. The maximum Gasteiger partial charge on any atom is 0.0516 e. The summed E-state index contributed by atoms with van der Waals surface area (Å²) in [4.78, 5) is 6.51. The van der Waals surface area contributed by atoms with Gasteiger partial charge in [-0.3, -0.25) is 9.80 Å². The summed E-state index contributed by atoms with van der Waals surface area (Å²) in [5, 5.41) is 6.30. The Morgan fingerprint density at radius 1 is 1.35 bits per heavy atom. The number of hydrogen-bond acceptors (Lipinski definition) is 4. The van der Waals surface area contributed by atoms with Crippen molar-refractivity contribution in [3.8, 4) is 0 Å². The minimum atomic E-state index is 0.785. The standard InChI is InChI=1S/C12H18ClN3S/c13-10-5-12(17-9-10)8-15-6-11(7-15)16-3-1-14-2-4-16/h5,9,11,14H,1-4,6-8H2. The number of nitrogens with zero attached hydrogens (tertiary/aromatic N) is 2. The minimum absolute atomic E-state index is 0.785. The van der Waals surface area contributed by atoms with Gasteiger partial charge in [-0.15, -0.1) is 11.3 Å². The lowest BCUT2D eigenvalue weighted by atomic mass is 10.1. The first-order chi connectivity index (χ1) is 8.31. The lowest BCUT2D eigenvalue weighted by Crippen LogP contribution is -2.62. The molecule has 0 bridgehead atoms. The van der Waals surface area contributed by atoms with Gasteiger partial charge in [0.15, 0.2) is 0 Å². The fourth-order valence-corrected chi connectivity index (χ4v) is 3.72. The molecule has 0 aliphatic carbocycles. The van der Waals surface area contributed by atoms with Crippen molar-refractivity contribution in [1.29, 1.82) is 0 Å². The normalized spacial score (nSPS) is 23.8. The van der Waals surface area contributed by atoms with Crippen LogP contribution in [0.1, 0.15) is 4.88 Å². The lowest BCUT2D eigenvalue weighted by Gasteiger charge is -2.46. The third kappa shape index (κ3) is 2.83. The van der Waals surface area contributed by atoms with Gasteiger partial charge in [-0.25, -0.2) is 0 Å². The van der Waals surface area contributed by atoms with E-state index in [9.17, 15) is 0 Å². The third-order valence-corrected chi connectivity index (χ3v) is 4.88. The second kappa shape index (κ2) is 5.24. The average Bonchev–Trinajstić information content (AvgIpc) is 2.70. The van der Waals surface area contributed by atoms with Crippen LogP contribution in [-0.2, 0) is 6.54 Å². The summed E-state index contributed by atoms with van der Waals surface area (Å²) in [7, 11) is 0. The molecule has 0 amide bonds. The second-order valence-corrected chi connectivity index (χ2v) is 6.30. The monoisotopic (exact) mass is 271 g/mol. The first-order valence-electron chi connectivity index (χ1n) is 6.21. The van der Waals surface area contributed by atoms with Crippen LogP contribution in [0, 0.1) is 0 Å². The molecule has 0 atom stereocenters. The SMILES string of the molecule is Clc1csc(CN2CC(N3CCNCC3)C2)c1. The zero-order chi connectivity index (χ0) is 11.7. The number of likely N-dealkylation sites (tertiary alicyclic amines) is 1. The summed E-state index contributed by atoms with van der Waals surface area (Å²) in [6.07, 6.45) is 0. The van der Waals surface area contributed by atoms with Crippen LogP contribution in [0.2, 0.25) is 5.02 Å². The molecule has 0 spiro atoms. The molecule has 0 saturated carbocycles. The van der Waals surface area contributed by atoms with Crippen LogP contribution in [0.4, 0.5) is 0 Å². The van der Waals surface area contributed by atoms with E-state index in [0.717, 1.165) is 30.7 Å². The summed E-state index contributed by atoms with van der Waals surface area (Å²) >= 11 is 7.70. The second-order valence-electron chi connectivity index (χ2n) is 4.87. The Morgan fingerprint density at radius 3 is 2.76 bits per heavy atom. The molecule has 2 saturated heterocycles. The van der Waals surface area contributed by atoms with Gasteiger partial charge < -0.3 is 5.32 Å². The Hall–Kier alpha value is -0.130. The van der Waals surface area contributed by atoms with Crippen LogP contribution in [0.25, 0.3) is 0 Å². The molecule has 0 unspecified atom stereocenters. The number of thiophene rings is 1. The van der Waals surface area contributed by atoms with Gasteiger partial charge in [0.05, 0.1) is 5.02 Å². The van der Waals surface area contributed by atoms with E-state index in [-0.39, 0.29) is 0 Å². The maximum atomic E-state index is 5.93. The summed E-state index contributed by atoms with van der Waals surface area (Å²) in [6.45, 7) is 8.23. The molecule has 3 nitrogen and oxygen atoms in total. The Morgan fingerprint density at radius 2 is 2.12 bits per heavy atom. The number of hydrogen-bond donors (Lipinski definition) is 1. The van der Waals surface area contributed by atoms with E-state index < -0.39 is 0 Å². The topological polar surface area (TPSA) is 18.5 Å². The molecule has 2 aliphatic heterocycles. The number of nitrogens with one attached hydrogen (secondary N) is 1. The molecule has 0 aromatic carbocycles. The van der Waals surface area contributed by atoms with Gasteiger partial charge in [0.2, 0.25) is 0 Å². The van der Waals surface area contributed by atoms with Crippen LogP contribution in [0.3, 0.4) is 0 Å². The van der Waals surface area contributed by atoms with Gasteiger partial charge in [-0.05, 0) is 6.07 Å². The van der Waals surface area contributed by atoms with Gasteiger partial charge in [0, 0.05) is 62.1 Å². The zero-order valence-electron chi connectivity index (χ0n) is 9.86. The lowest BCUT2D eigenvalue weighted by molar-refractivity contribution is 0.0229. The van der Waals surface area contributed by atoms with Crippen LogP contribution < -0.4 is 5.32 Å². The average molecular weight is 272 g/mol. The van der Waals surface area contributed by atoms with Crippen LogP contribution in [-0.4, -0.2) is 55.1 Å². The van der Waals surface area contributed by atoms with Crippen LogP contribution in [0.15, 0.2) is 11.4 Å². The Bertz CT molecular complexity index is 370. The van der Waals surface area contributed by atoms with E-state index in [1.54, 1.807) is 11.3 Å². The molecule has 2 fully saturated rings. The van der Waals surface area contributed by atoms with Crippen molar-refractivity contribution >= 4 is 22.9 Å². The largest absolute Gasteiger partial charge is 0.314 e. The predicted molar refractivity (Wildman–Crippen MR) is 72.8 cm³/mol. The van der Waals surface area contributed by atoms with Crippen LogP contribution >= 0.6 is 22.9 Å². The van der Waals surface area contributed by atoms with Crippen molar-refractivity contribution in [3.63, 3.8) is 0 Å². The van der Waals surface area contributed by atoms with Crippen molar-refractivity contribution in [1.82, 2.24) is 15.1 Å². The highest BCUT2D eigenvalue weighted by Gasteiger charge is 2.32. The summed E-state index contributed by atoms with van der Waals surface area (Å²) in [6, 6.07) is 2.87. The summed E-state index contributed by atoms with van der Waals surface area (Å²) in [5.74, 6) is 0. The number of halogens is 1. The fourth-order valence-electron chi connectivity index (χ4n) is 2.61. The number of piperazine rings is 1. The highest BCUT2D eigenvalue weighted by molar-refractivity contribution is 7.10. The molecule has 1 aromatic rings. The smallest absolute Gasteiger partial charge is 0.0516 e. The summed E-state index contributed by atoms with van der Waals surface area (Å²) < 4.78 is 0. The molecular weight excluding hydrogens is 254 g/mol. The molecule has 3 heterocycles. The van der Waals surface area contributed by atoms with E-state index in [0.29, 0.717) is 0 Å². The molecular formula is C12H18ClN3S. The van der Waals surface area contributed by atoms with Crippen molar-refractivity contribution < 1.29 is 0 Å². The molecule has 1 aromatic heterocycles. The fraction of sp³-hybridized carbons (Fsp3) is 0.667. The van der Waals surface area contributed by atoms with Crippen molar-refractivity contribution in [2.45, 2.75) is 12.6 Å². The first kappa shape index (κ1) is 11.9. The number of rotatable bonds is 3. The Balaban J connectivity index is 1.45.